The van der Waals surface area contributed by atoms with Gasteiger partial charge in [0.1, 0.15) is 5.54 Å². The summed E-state index contributed by atoms with van der Waals surface area (Å²) in [4.78, 5) is 0. The van der Waals surface area contributed by atoms with Gasteiger partial charge >= 0.3 is 0 Å². The highest BCUT2D eigenvalue weighted by molar-refractivity contribution is 7.89. The van der Waals surface area contributed by atoms with Crippen molar-refractivity contribution in [1.29, 1.82) is 5.26 Å². The van der Waals surface area contributed by atoms with Gasteiger partial charge in [-0.25, -0.2) is 8.42 Å². The van der Waals surface area contributed by atoms with Crippen LogP contribution in [0.3, 0.4) is 0 Å². The van der Waals surface area contributed by atoms with Gasteiger partial charge in [0.15, 0.2) is 0 Å². The molecular weight excluding hydrogens is 276 g/mol. The van der Waals surface area contributed by atoms with Crippen LogP contribution in [0.2, 0.25) is 0 Å². The molecule has 0 aliphatic carbocycles. The van der Waals surface area contributed by atoms with Crippen molar-refractivity contribution >= 4 is 10.0 Å². The van der Waals surface area contributed by atoms with Gasteiger partial charge in [0.2, 0.25) is 10.0 Å². The quantitative estimate of drug-likeness (QED) is 0.820. The molecule has 1 aliphatic rings. The maximum absolute atomic E-state index is 11.8. The Morgan fingerprint density at radius 2 is 2.15 bits per heavy atom. The normalized spacial score (nSPS) is 18.8. The third kappa shape index (κ3) is 2.45. The SMILES string of the molecule is CCS(=O)(=O)N1CC(CC#N)(n2cc(C(C)C)cn2)C1. The largest absolute Gasteiger partial charge is 0.263 e. The monoisotopic (exact) mass is 296 g/mol. The summed E-state index contributed by atoms with van der Waals surface area (Å²) in [5.74, 6) is 0.449. The fraction of sp³-hybridized carbons (Fsp3) is 0.692. The van der Waals surface area contributed by atoms with Crippen molar-refractivity contribution < 1.29 is 8.42 Å². The smallest absolute Gasteiger partial charge is 0.213 e. The van der Waals surface area contributed by atoms with Crippen LogP contribution in [0.4, 0.5) is 0 Å². The Morgan fingerprint density at radius 3 is 2.60 bits per heavy atom. The summed E-state index contributed by atoms with van der Waals surface area (Å²) in [6.45, 7) is 6.44. The summed E-state index contributed by atoms with van der Waals surface area (Å²) in [5.41, 5.74) is 0.587. The molecule has 1 saturated heterocycles. The van der Waals surface area contributed by atoms with Gasteiger partial charge in [-0.1, -0.05) is 13.8 Å². The van der Waals surface area contributed by atoms with Crippen LogP contribution in [0.5, 0.6) is 0 Å². The van der Waals surface area contributed by atoms with E-state index in [9.17, 15) is 8.42 Å². The first-order valence-corrected chi connectivity index (χ1v) is 8.35. The number of nitrogens with zero attached hydrogens (tertiary/aromatic N) is 4. The number of sulfonamides is 1. The molecule has 0 N–H and O–H groups in total. The molecular formula is C13H20N4O2S. The van der Waals surface area contributed by atoms with Crippen LogP contribution in [0.25, 0.3) is 0 Å². The van der Waals surface area contributed by atoms with Crippen molar-refractivity contribution in [3.8, 4) is 6.07 Å². The molecule has 20 heavy (non-hydrogen) atoms. The highest BCUT2D eigenvalue weighted by atomic mass is 32.2. The van der Waals surface area contributed by atoms with E-state index in [2.05, 4.69) is 25.0 Å². The lowest BCUT2D eigenvalue weighted by molar-refractivity contribution is 0.0717. The van der Waals surface area contributed by atoms with Crippen molar-refractivity contribution in [3.63, 3.8) is 0 Å². The van der Waals surface area contributed by atoms with E-state index in [1.807, 2.05) is 6.20 Å². The van der Waals surface area contributed by atoms with Crippen LogP contribution in [0.15, 0.2) is 12.4 Å². The third-order valence-electron chi connectivity index (χ3n) is 3.86. The van der Waals surface area contributed by atoms with Gasteiger partial charge in [-0.05, 0) is 18.4 Å². The van der Waals surface area contributed by atoms with Gasteiger partial charge in [-0.2, -0.15) is 14.7 Å². The molecule has 0 radical (unpaired) electrons. The first-order valence-electron chi connectivity index (χ1n) is 6.74. The van der Waals surface area contributed by atoms with E-state index in [1.165, 1.54) is 4.31 Å². The predicted octanol–water partition coefficient (Wildman–Crippen LogP) is 1.28. The van der Waals surface area contributed by atoms with E-state index in [4.69, 9.17) is 5.26 Å². The lowest BCUT2D eigenvalue weighted by Crippen LogP contribution is -2.64. The van der Waals surface area contributed by atoms with E-state index in [1.54, 1.807) is 17.8 Å². The number of hydrogen-bond donors (Lipinski definition) is 0. The van der Waals surface area contributed by atoms with Crippen LogP contribution in [-0.2, 0) is 15.6 Å². The van der Waals surface area contributed by atoms with E-state index >= 15 is 0 Å². The van der Waals surface area contributed by atoms with Gasteiger partial charge in [0.05, 0.1) is 24.4 Å². The maximum atomic E-state index is 11.8. The van der Waals surface area contributed by atoms with E-state index in [0.717, 1.165) is 5.56 Å². The Balaban J connectivity index is 2.24. The van der Waals surface area contributed by atoms with Crippen LogP contribution in [0.1, 0.15) is 38.7 Å². The highest BCUT2D eigenvalue weighted by Crippen LogP contribution is 2.34. The van der Waals surface area contributed by atoms with Gasteiger partial charge in [0, 0.05) is 19.3 Å². The van der Waals surface area contributed by atoms with E-state index in [-0.39, 0.29) is 12.2 Å². The molecule has 1 aromatic rings. The van der Waals surface area contributed by atoms with E-state index in [0.29, 0.717) is 19.0 Å². The van der Waals surface area contributed by atoms with Crippen molar-refractivity contribution in [2.75, 3.05) is 18.8 Å². The summed E-state index contributed by atoms with van der Waals surface area (Å²) in [6.07, 6.45) is 3.99. The number of aromatic nitrogens is 2. The average molecular weight is 296 g/mol. The zero-order valence-electron chi connectivity index (χ0n) is 12.1. The topological polar surface area (TPSA) is 79.0 Å². The van der Waals surface area contributed by atoms with Crippen molar-refractivity contribution in [2.24, 2.45) is 0 Å². The molecule has 0 bridgehead atoms. The Morgan fingerprint density at radius 1 is 1.50 bits per heavy atom. The summed E-state index contributed by atoms with van der Waals surface area (Å²) < 4.78 is 26.9. The van der Waals surface area contributed by atoms with Gasteiger partial charge in [-0.3, -0.25) is 4.68 Å². The standard InChI is InChI=1S/C13H20N4O2S/c1-4-20(18,19)16-9-13(10-16,5-6-14)17-8-12(7-15-17)11(2)3/h7-8,11H,4-5,9-10H2,1-3H3. The number of nitriles is 1. The molecule has 6 nitrogen and oxygen atoms in total. The molecule has 0 atom stereocenters. The van der Waals surface area contributed by atoms with Gasteiger partial charge < -0.3 is 0 Å². The molecule has 0 saturated carbocycles. The second-order valence-electron chi connectivity index (χ2n) is 5.60. The molecule has 2 heterocycles. The zero-order valence-corrected chi connectivity index (χ0v) is 12.9. The summed E-state index contributed by atoms with van der Waals surface area (Å²) >= 11 is 0. The van der Waals surface area contributed by atoms with Crippen molar-refractivity contribution in [3.05, 3.63) is 18.0 Å². The molecule has 1 fully saturated rings. The second-order valence-corrected chi connectivity index (χ2v) is 7.86. The van der Waals surface area contributed by atoms with Crippen LogP contribution in [-0.4, -0.2) is 41.3 Å². The van der Waals surface area contributed by atoms with Crippen molar-refractivity contribution in [2.45, 2.75) is 38.6 Å². The molecule has 2 rings (SSSR count). The Labute approximate surface area is 120 Å². The molecule has 0 amide bonds. The number of hydrogen-bond acceptors (Lipinski definition) is 4. The minimum absolute atomic E-state index is 0.0893. The average Bonchev–Trinajstić information content (AvgIpc) is 2.83. The summed E-state index contributed by atoms with van der Waals surface area (Å²) in [6, 6.07) is 2.16. The minimum atomic E-state index is -3.19. The fourth-order valence-corrected chi connectivity index (χ4v) is 3.61. The Hall–Kier alpha value is -1.39. The van der Waals surface area contributed by atoms with E-state index < -0.39 is 15.6 Å². The Bertz CT molecular complexity index is 621. The highest BCUT2D eigenvalue weighted by Gasteiger charge is 2.49. The fourth-order valence-electron chi connectivity index (χ4n) is 2.37. The van der Waals surface area contributed by atoms with Crippen LogP contribution < -0.4 is 0 Å². The minimum Gasteiger partial charge on any atom is -0.263 e. The Kier molecular flexibility index (Phi) is 3.89. The predicted molar refractivity (Wildman–Crippen MR) is 75.6 cm³/mol. The van der Waals surface area contributed by atoms with Crippen LogP contribution >= 0.6 is 0 Å². The van der Waals surface area contributed by atoms with Gasteiger partial charge in [0.25, 0.3) is 0 Å². The molecule has 1 aromatic heterocycles. The summed E-state index contributed by atoms with van der Waals surface area (Å²) in [7, 11) is -3.19. The molecule has 0 aromatic carbocycles. The zero-order chi connectivity index (χ0) is 15.0. The van der Waals surface area contributed by atoms with Gasteiger partial charge in [-0.15, -0.1) is 0 Å². The lowest BCUT2D eigenvalue weighted by Gasteiger charge is -2.47. The number of rotatable bonds is 5. The van der Waals surface area contributed by atoms with Crippen LogP contribution in [0, 0.1) is 11.3 Å². The third-order valence-corrected chi connectivity index (χ3v) is 5.64. The molecule has 7 heteroatoms. The maximum Gasteiger partial charge on any atom is 0.213 e. The first kappa shape index (κ1) is 15.0. The summed E-state index contributed by atoms with van der Waals surface area (Å²) in [5, 5.41) is 13.4. The second kappa shape index (κ2) is 5.19. The molecule has 110 valence electrons. The first-order chi connectivity index (χ1) is 9.34. The lowest BCUT2D eigenvalue weighted by atomic mass is 9.89. The molecule has 0 unspecified atom stereocenters. The molecule has 1 aliphatic heterocycles. The van der Waals surface area contributed by atoms with Crippen molar-refractivity contribution in [1.82, 2.24) is 14.1 Å². The molecule has 0 spiro atoms.